The fourth-order valence-electron chi connectivity index (χ4n) is 5.51. The van der Waals surface area contributed by atoms with Gasteiger partial charge >= 0.3 is 0 Å². The van der Waals surface area contributed by atoms with E-state index in [-0.39, 0.29) is 25.0 Å². The molecular weight excluding hydrogens is 500 g/mol. The number of hydrogen-bond acceptors (Lipinski definition) is 4. The van der Waals surface area contributed by atoms with Crippen molar-refractivity contribution in [2.24, 2.45) is 5.92 Å². The molecule has 6 nitrogen and oxygen atoms in total. The summed E-state index contributed by atoms with van der Waals surface area (Å²) in [6, 6.07) is 22.4. The maximum atomic E-state index is 13.7. The molecule has 0 unspecified atom stereocenters. The molecule has 0 aromatic heterocycles. The zero-order valence-electron chi connectivity index (χ0n) is 21.3. The van der Waals surface area contributed by atoms with Crippen molar-refractivity contribution in [3.05, 3.63) is 112 Å². The molecular formula is C31H31ClN2O4. The maximum Gasteiger partial charge on any atom is 0.264 e. The zero-order chi connectivity index (χ0) is 26.9. The van der Waals surface area contributed by atoms with Gasteiger partial charge in [0.1, 0.15) is 0 Å². The molecule has 7 heteroatoms. The van der Waals surface area contributed by atoms with E-state index >= 15 is 0 Å². The van der Waals surface area contributed by atoms with Crippen LogP contribution in [0.4, 0.5) is 5.69 Å². The van der Waals surface area contributed by atoms with Crippen LogP contribution >= 0.6 is 11.6 Å². The Bertz CT molecular complexity index is 1380. The summed E-state index contributed by atoms with van der Waals surface area (Å²) in [6.07, 6.45) is 4.14. The number of rotatable bonds is 7. The minimum atomic E-state index is -1.81. The Morgan fingerprint density at radius 2 is 1.82 bits per heavy atom. The maximum absolute atomic E-state index is 13.7. The Morgan fingerprint density at radius 1 is 1.11 bits per heavy atom. The number of hydrogen-bond donors (Lipinski definition) is 2. The van der Waals surface area contributed by atoms with Gasteiger partial charge in [-0.05, 0) is 41.3 Å². The Kier molecular flexibility index (Phi) is 7.39. The van der Waals surface area contributed by atoms with E-state index in [2.05, 4.69) is 0 Å². The molecule has 3 atom stereocenters. The molecule has 2 heterocycles. The SMILES string of the molecule is C[C@H](/C=C/CC(=O)N1Cc2ccccc2C[C@H]1CO)[C@@]1(O)C(=O)N(Cc2ccccc2)c2ccc(Cl)cc21. The Balaban J connectivity index is 1.34. The number of aliphatic hydroxyl groups excluding tert-OH is 1. The fraction of sp³-hybridized carbons (Fsp3) is 0.290. The summed E-state index contributed by atoms with van der Waals surface area (Å²) in [5.41, 5.74) is 2.45. The van der Waals surface area contributed by atoms with Gasteiger partial charge in [0.2, 0.25) is 5.91 Å². The highest BCUT2D eigenvalue weighted by Crippen LogP contribution is 2.46. The topological polar surface area (TPSA) is 81.1 Å². The quantitative estimate of drug-likeness (QED) is 0.437. The number of fused-ring (bicyclic) bond motifs is 2. The van der Waals surface area contributed by atoms with E-state index in [9.17, 15) is 19.8 Å². The largest absolute Gasteiger partial charge is 0.394 e. The van der Waals surface area contributed by atoms with Crippen molar-refractivity contribution >= 4 is 29.1 Å². The van der Waals surface area contributed by atoms with Gasteiger partial charge in [0.25, 0.3) is 5.91 Å². The third-order valence-electron chi connectivity index (χ3n) is 7.68. The van der Waals surface area contributed by atoms with Crippen LogP contribution in [0.25, 0.3) is 0 Å². The van der Waals surface area contributed by atoms with E-state index in [0.717, 1.165) is 16.7 Å². The lowest BCUT2D eigenvalue weighted by Crippen LogP contribution is -2.46. The molecule has 3 aromatic carbocycles. The normalized spacial score (nSPS) is 21.5. The minimum absolute atomic E-state index is 0.101. The molecule has 5 rings (SSSR count). The number of anilines is 1. The minimum Gasteiger partial charge on any atom is -0.394 e. The third kappa shape index (κ3) is 4.75. The molecule has 0 fully saturated rings. The highest BCUT2D eigenvalue weighted by atomic mass is 35.5. The van der Waals surface area contributed by atoms with E-state index in [4.69, 9.17) is 11.6 Å². The second kappa shape index (κ2) is 10.7. The number of carbonyl (C=O) groups is 2. The fourth-order valence-corrected chi connectivity index (χ4v) is 5.69. The predicted molar refractivity (Wildman–Crippen MR) is 147 cm³/mol. The molecule has 0 radical (unpaired) electrons. The van der Waals surface area contributed by atoms with Crippen LogP contribution in [0.2, 0.25) is 5.02 Å². The Labute approximate surface area is 227 Å². The summed E-state index contributed by atoms with van der Waals surface area (Å²) in [4.78, 5) is 30.1. The Morgan fingerprint density at radius 3 is 2.55 bits per heavy atom. The number of carbonyl (C=O) groups excluding carboxylic acids is 2. The lowest BCUT2D eigenvalue weighted by atomic mass is 9.83. The molecule has 0 aliphatic carbocycles. The highest BCUT2D eigenvalue weighted by Gasteiger charge is 2.52. The van der Waals surface area contributed by atoms with Crippen molar-refractivity contribution in [2.45, 2.75) is 44.5 Å². The van der Waals surface area contributed by atoms with Gasteiger partial charge in [-0.25, -0.2) is 0 Å². The highest BCUT2D eigenvalue weighted by molar-refractivity contribution is 6.31. The summed E-state index contributed by atoms with van der Waals surface area (Å²) in [5.74, 6) is -1.15. The molecule has 196 valence electrons. The molecule has 38 heavy (non-hydrogen) atoms. The number of nitrogens with zero attached hydrogens (tertiary/aromatic N) is 2. The van der Waals surface area contributed by atoms with Crippen molar-refractivity contribution in [1.82, 2.24) is 4.90 Å². The lowest BCUT2D eigenvalue weighted by molar-refractivity contribution is -0.139. The van der Waals surface area contributed by atoms with Crippen LogP contribution in [0.15, 0.2) is 84.9 Å². The zero-order valence-corrected chi connectivity index (χ0v) is 22.0. The molecule has 0 spiro atoms. The van der Waals surface area contributed by atoms with Crippen LogP contribution in [-0.4, -0.2) is 39.6 Å². The summed E-state index contributed by atoms with van der Waals surface area (Å²) >= 11 is 6.28. The molecule has 3 aromatic rings. The van der Waals surface area contributed by atoms with Gasteiger partial charge in [-0.15, -0.1) is 0 Å². The molecule has 2 N–H and O–H groups in total. The van der Waals surface area contributed by atoms with E-state index in [0.29, 0.717) is 35.8 Å². The van der Waals surface area contributed by atoms with E-state index in [1.54, 1.807) is 47.1 Å². The average molecular weight is 531 g/mol. The lowest BCUT2D eigenvalue weighted by Gasteiger charge is -2.36. The van der Waals surface area contributed by atoms with Gasteiger partial charge in [-0.3, -0.25) is 9.59 Å². The molecule has 0 saturated carbocycles. The second-order valence-electron chi connectivity index (χ2n) is 10.1. The average Bonchev–Trinajstić information content (AvgIpc) is 3.14. The summed E-state index contributed by atoms with van der Waals surface area (Å²) in [5, 5.41) is 22.2. The van der Waals surface area contributed by atoms with Crippen molar-refractivity contribution < 1.29 is 19.8 Å². The third-order valence-corrected chi connectivity index (χ3v) is 7.91. The van der Waals surface area contributed by atoms with Crippen molar-refractivity contribution in [3.8, 4) is 0 Å². The number of halogens is 1. The van der Waals surface area contributed by atoms with Gasteiger partial charge in [0.15, 0.2) is 5.60 Å². The van der Waals surface area contributed by atoms with E-state index in [1.165, 1.54) is 0 Å². The molecule has 0 saturated heterocycles. The first-order valence-electron chi connectivity index (χ1n) is 12.8. The van der Waals surface area contributed by atoms with Gasteiger partial charge in [-0.1, -0.05) is 85.3 Å². The van der Waals surface area contributed by atoms with Crippen LogP contribution in [0.1, 0.15) is 35.6 Å². The first kappa shape index (κ1) is 26.2. The molecule has 0 bridgehead atoms. The number of aliphatic hydroxyl groups is 2. The molecule has 2 amide bonds. The van der Waals surface area contributed by atoms with Crippen molar-refractivity contribution in [2.75, 3.05) is 11.5 Å². The number of amides is 2. The first-order chi connectivity index (χ1) is 18.3. The number of benzene rings is 3. The second-order valence-corrected chi connectivity index (χ2v) is 10.5. The monoisotopic (exact) mass is 530 g/mol. The van der Waals surface area contributed by atoms with Crippen molar-refractivity contribution in [1.29, 1.82) is 0 Å². The smallest absolute Gasteiger partial charge is 0.264 e. The predicted octanol–water partition coefficient (Wildman–Crippen LogP) is 4.60. The van der Waals surface area contributed by atoms with Crippen molar-refractivity contribution in [3.63, 3.8) is 0 Å². The first-order valence-corrected chi connectivity index (χ1v) is 13.2. The van der Waals surface area contributed by atoms with E-state index in [1.807, 2.05) is 54.6 Å². The van der Waals surface area contributed by atoms with Crippen LogP contribution < -0.4 is 4.90 Å². The van der Waals surface area contributed by atoms with Crippen LogP contribution in [0, 0.1) is 5.92 Å². The van der Waals surface area contributed by atoms with Gasteiger partial charge < -0.3 is 20.0 Å². The summed E-state index contributed by atoms with van der Waals surface area (Å²) in [7, 11) is 0. The van der Waals surface area contributed by atoms with Gasteiger partial charge in [-0.2, -0.15) is 0 Å². The Hall–Kier alpha value is -3.45. The van der Waals surface area contributed by atoms with Gasteiger partial charge in [0.05, 0.1) is 24.9 Å². The molecule has 2 aliphatic rings. The van der Waals surface area contributed by atoms with E-state index < -0.39 is 17.4 Å². The van der Waals surface area contributed by atoms with Gasteiger partial charge in [0, 0.05) is 29.5 Å². The summed E-state index contributed by atoms with van der Waals surface area (Å²) < 4.78 is 0. The van der Waals surface area contributed by atoms with Crippen LogP contribution in [-0.2, 0) is 34.7 Å². The molecule has 2 aliphatic heterocycles. The standard InChI is InChI=1S/C31H31ClN2O4/c1-21(8-7-13-29(36)33-19-24-12-6-5-11-23(24)16-26(33)20-35)31(38)27-17-25(32)14-15-28(27)34(30(31)37)18-22-9-3-2-4-10-22/h2-12,14-15,17,21,26,35,38H,13,16,18-20H2,1H3/b8-7+/t21-,26+,31+/m1/s1. The summed E-state index contributed by atoms with van der Waals surface area (Å²) in [6.45, 7) is 2.43. The van der Waals surface area contributed by atoms with Crippen LogP contribution in [0.5, 0.6) is 0 Å². The van der Waals surface area contributed by atoms with Crippen LogP contribution in [0.3, 0.4) is 0 Å².